The SMILES string of the molecule is Cn1nc(-c2cccc(Cl)c2Cl)cc1C1CCN(C(=O)CNC(=O)[C@H](N=C(N)N)C2CCCCC2)CC1. The zero-order chi connectivity index (χ0) is 26.5. The molecular formula is C26H35Cl2N7O2. The Morgan fingerprint density at radius 2 is 1.84 bits per heavy atom. The molecule has 9 nitrogen and oxygen atoms in total. The largest absolute Gasteiger partial charge is 0.370 e. The van der Waals surface area contributed by atoms with Gasteiger partial charge in [-0.25, -0.2) is 4.99 Å². The highest BCUT2D eigenvalue weighted by molar-refractivity contribution is 6.43. The third kappa shape index (κ3) is 6.57. The Labute approximate surface area is 227 Å². The van der Waals surface area contributed by atoms with Crippen LogP contribution in [-0.2, 0) is 16.6 Å². The number of amides is 2. The van der Waals surface area contributed by atoms with Gasteiger partial charge in [0.25, 0.3) is 0 Å². The van der Waals surface area contributed by atoms with Crippen molar-refractivity contribution in [2.75, 3.05) is 19.6 Å². The van der Waals surface area contributed by atoms with Crippen LogP contribution in [0.1, 0.15) is 56.6 Å². The monoisotopic (exact) mass is 547 g/mol. The summed E-state index contributed by atoms with van der Waals surface area (Å²) < 4.78 is 1.88. The molecule has 1 saturated heterocycles. The van der Waals surface area contributed by atoms with Gasteiger partial charge in [0.1, 0.15) is 6.04 Å². The fourth-order valence-corrected chi connectivity index (χ4v) is 5.89. The maximum Gasteiger partial charge on any atom is 0.245 e. The average molecular weight is 549 g/mol. The lowest BCUT2D eigenvalue weighted by atomic mass is 9.83. The van der Waals surface area contributed by atoms with E-state index >= 15 is 0 Å². The van der Waals surface area contributed by atoms with Crippen molar-refractivity contribution in [3.63, 3.8) is 0 Å². The number of guanidine groups is 1. The predicted molar refractivity (Wildman–Crippen MR) is 146 cm³/mol. The summed E-state index contributed by atoms with van der Waals surface area (Å²) in [6, 6.07) is 6.92. The number of carbonyl (C=O) groups is 2. The zero-order valence-corrected chi connectivity index (χ0v) is 22.6. The lowest BCUT2D eigenvalue weighted by Crippen LogP contribution is -2.47. The maximum atomic E-state index is 12.9. The zero-order valence-electron chi connectivity index (χ0n) is 21.1. The van der Waals surface area contributed by atoms with Crippen LogP contribution in [0.25, 0.3) is 11.3 Å². The Balaban J connectivity index is 1.32. The molecule has 0 radical (unpaired) electrons. The van der Waals surface area contributed by atoms with E-state index in [4.69, 9.17) is 34.7 Å². The predicted octanol–water partition coefficient (Wildman–Crippen LogP) is 3.44. The van der Waals surface area contributed by atoms with Crippen molar-refractivity contribution in [1.29, 1.82) is 0 Å². The van der Waals surface area contributed by atoms with Gasteiger partial charge in [-0.1, -0.05) is 54.6 Å². The van der Waals surface area contributed by atoms with Crippen LogP contribution in [0.3, 0.4) is 0 Å². The first-order valence-electron chi connectivity index (χ1n) is 12.9. The molecule has 0 bridgehead atoms. The van der Waals surface area contributed by atoms with E-state index in [9.17, 15) is 9.59 Å². The molecule has 37 heavy (non-hydrogen) atoms. The van der Waals surface area contributed by atoms with Crippen LogP contribution in [-0.4, -0.2) is 58.1 Å². The highest BCUT2D eigenvalue weighted by atomic mass is 35.5. The third-order valence-electron chi connectivity index (χ3n) is 7.48. The Hall–Kier alpha value is -2.78. The Bertz CT molecular complexity index is 1150. The normalized spacial score (nSPS) is 17.9. The van der Waals surface area contributed by atoms with Crippen LogP contribution in [0.5, 0.6) is 0 Å². The smallest absolute Gasteiger partial charge is 0.245 e. The highest BCUT2D eigenvalue weighted by Gasteiger charge is 2.31. The quantitative estimate of drug-likeness (QED) is 0.360. The number of aliphatic imine (C=N–C) groups is 1. The molecule has 1 aliphatic carbocycles. The number of hydrogen-bond acceptors (Lipinski definition) is 4. The van der Waals surface area contributed by atoms with Gasteiger partial charge in [-0.3, -0.25) is 14.3 Å². The second-order valence-electron chi connectivity index (χ2n) is 9.95. The molecule has 0 spiro atoms. The molecule has 2 heterocycles. The number of likely N-dealkylation sites (tertiary alicyclic amines) is 1. The molecule has 1 atom stereocenters. The number of nitrogens with zero attached hydrogens (tertiary/aromatic N) is 4. The first-order chi connectivity index (χ1) is 17.7. The molecule has 2 fully saturated rings. The Morgan fingerprint density at radius 1 is 1.14 bits per heavy atom. The molecule has 2 aromatic rings. The lowest BCUT2D eigenvalue weighted by molar-refractivity contribution is -0.134. The number of benzene rings is 1. The van der Waals surface area contributed by atoms with Crippen molar-refractivity contribution in [1.82, 2.24) is 20.0 Å². The topological polar surface area (TPSA) is 132 Å². The number of aryl methyl sites for hydroxylation is 1. The van der Waals surface area contributed by atoms with Crippen molar-refractivity contribution in [3.05, 3.63) is 40.0 Å². The molecule has 1 saturated carbocycles. The van der Waals surface area contributed by atoms with Crippen molar-refractivity contribution < 1.29 is 9.59 Å². The van der Waals surface area contributed by atoms with E-state index in [1.54, 1.807) is 11.0 Å². The van der Waals surface area contributed by atoms with Crippen LogP contribution in [0.4, 0.5) is 0 Å². The standard InChI is InChI=1S/C26H35Cl2N7O2/c1-34-21(14-20(33-34)18-8-5-9-19(27)23(18)28)16-10-12-35(13-11-16)22(36)15-31-25(37)24(32-26(29)30)17-6-3-2-4-7-17/h5,8-9,14,16-17,24H,2-4,6-7,10-13,15H2,1H3,(H,31,37)(H4,29,30,32)/t24-/m1/s1. The van der Waals surface area contributed by atoms with E-state index < -0.39 is 6.04 Å². The molecule has 11 heteroatoms. The Morgan fingerprint density at radius 3 is 2.51 bits per heavy atom. The van der Waals surface area contributed by atoms with Gasteiger partial charge >= 0.3 is 0 Å². The number of carbonyl (C=O) groups excluding carboxylic acids is 2. The summed E-state index contributed by atoms with van der Waals surface area (Å²) in [4.78, 5) is 31.7. The summed E-state index contributed by atoms with van der Waals surface area (Å²) in [6.07, 6.45) is 6.72. The minimum Gasteiger partial charge on any atom is -0.370 e. The van der Waals surface area contributed by atoms with Gasteiger partial charge in [0.05, 0.1) is 22.3 Å². The van der Waals surface area contributed by atoms with Gasteiger partial charge in [-0.05, 0) is 43.7 Å². The number of halogens is 2. The average Bonchev–Trinajstić information content (AvgIpc) is 3.29. The third-order valence-corrected chi connectivity index (χ3v) is 8.30. The van der Waals surface area contributed by atoms with Crippen LogP contribution in [0, 0.1) is 5.92 Å². The van der Waals surface area contributed by atoms with Gasteiger partial charge in [-0.2, -0.15) is 5.10 Å². The highest BCUT2D eigenvalue weighted by Crippen LogP contribution is 2.36. The summed E-state index contributed by atoms with van der Waals surface area (Å²) >= 11 is 12.6. The number of piperidine rings is 1. The Kier molecular flexibility index (Phi) is 8.97. The van der Waals surface area contributed by atoms with Gasteiger partial charge in [0, 0.05) is 37.3 Å². The van der Waals surface area contributed by atoms with Crippen LogP contribution < -0.4 is 16.8 Å². The number of hydrogen-bond donors (Lipinski definition) is 3. The summed E-state index contributed by atoms with van der Waals surface area (Å²) in [5.74, 6) is -0.122. The second-order valence-corrected chi connectivity index (χ2v) is 10.7. The lowest BCUT2D eigenvalue weighted by Gasteiger charge is -2.32. The molecule has 5 N–H and O–H groups in total. The molecule has 1 aliphatic heterocycles. The minimum atomic E-state index is -0.643. The molecular weight excluding hydrogens is 513 g/mol. The van der Waals surface area contributed by atoms with E-state index in [0.717, 1.165) is 61.9 Å². The summed E-state index contributed by atoms with van der Waals surface area (Å²) in [5.41, 5.74) is 13.8. The molecule has 200 valence electrons. The van der Waals surface area contributed by atoms with Crippen LogP contribution in [0.15, 0.2) is 29.3 Å². The van der Waals surface area contributed by atoms with Gasteiger partial charge in [0.15, 0.2) is 5.96 Å². The summed E-state index contributed by atoms with van der Waals surface area (Å²) in [5, 5.41) is 8.42. The van der Waals surface area contributed by atoms with Gasteiger partial charge in [-0.15, -0.1) is 0 Å². The van der Waals surface area contributed by atoms with Crippen molar-refractivity contribution in [2.24, 2.45) is 29.4 Å². The fourth-order valence-electron chi connectivity index (χ4n) is 5.49. The van der Waals surface area contributed by atoms with Crippen LogP contribution >= 0.6 is 23.2 Å². The second kappa shape index (κ2) is 12.2. The van der Waals surface area contributed by atoms with Crippen molar-refractivity contribution >= 4 is 41.0 Å². The molecule has 4 rings (SSSR count). The summed E-state index contributed by atoms with van der Waals surface area (Å²) in [7, 11) is 1.92. The molecule has 1 aromatic carbocycles. The first-order valence-corrected chi connectivity index (χ1v) is 13.6. The van der Waals surface area contributed by atoms with Crippen molar-refractivity contribution in [3.8, 4) is 11.3 Å². The molecule has 2 amide bonds. The molecule has 0 unspecified atom stereocenters. The first kappa shape index (κ1) is 27.3. The maximum absolute atomic E-state index is 12.9. The van der Waals surface area contributed by atoms with Gasteiger partial charge < -0.3 is 21.7 Å². The summed E-state index contributed by atoms with van der Waals surface area (Å²) in [6.45, 7) is 1.16. The minimum absolute atomic E-state index is 0.0597. The van der Waals surface area contributed by atoms with Crippen molar-refractivity contribution in [2.45, 2.75) is 56.9 Å². The number of aromatic nitrogens is 2. The fraction of sp³-hybridized carbons (Fsp3) is 0.538. The molecule has 2 aliphatic rings. The van der Waals surface area contributed by atoms with E-state index in [2.05, 4.69) is 21.5 Å². The number of nitrogens with two attached hydrogens (primary N) is 2. The van der Waals surface area contributed by atoms with E-state index in [1.807, 2.05) is 23.9 Å². The van der Waals surface area contributed by atoms with E-state index in [1.165, 1.54) is 0 Å². The van der Waals surface area contributed by atoms with E-state index in [-0.39, 0.29) is 36.2 Å². The van der Waals surface area contributed by atoms with Gasteiger partial charge in [0.2, 0.25) is 11.8 Å². The molecule has 1 aromatic heterocycles. The number of rotatable bonds is 7. The van der Waals surface area contributed by atoms with Crippen LogP contribution in [0.2, 0.25) is 10.0 Å². The number of nitrogens with one attached hydrogen (secondary N) is 1. The van der Waals surface area contributed by atoms with E-state index in [0.29, 0.717) is 23.1 Å².